The molecule has 0 bridgehead atoms. The van der Waals surface area contributed by atoms with Crippen LogP contribution in [0.3, 0.4) is 0 Å². The predicted octanol–water partition coefficient (Wildman–Crippen LogP) is 1.94. The molecule has 1 rings (SSSR count). The van der Waals surface area contributed by atoms with Crippen LogP contribution in [0.1, 0.15) is 12.8 Å². The van der Waals surface area contributed by atoms with Crippen molar-refractivity contribution in [2.45, 2.75) is 12.8 Å². The minimum Gasteiger partial charge on any atom is -0.497 e. The fourth-order valence-corrected chi connectivity index (χ4v) is 1.33. The van der Waals surface area contributed by atoms with Crippen molar-refractivity contribution in [3.63, 3.8) is 0 Å². The molecule has 0 unspecified atom stereocenters. The van der Waals surface area contributed by atoms with Crippen molar-refractivity contribution in [2.75, 3.05) is 27.8 Å². The molecule has 4 nitrogen and oxygen atoms in total. The lowest BCUT2D eigenvalue weighted by atomic mass is 10.3. The van der Waals surface area contributed by atoms with Crippen molar-refractivity contribution < 1.29 is 14.3 Å². The van der Waals surface area contributed by atoms with Crippen LogP contribution in [-0.4, -0.2) is 38.6 Å². The molecule has 17 heavy (non-hydrogen) atoms. The zero-order chi connectivity index (χ0) is 12.7. The first-order valence-electron chi connectivity index (χ1n) is 5.60. The molecule has 0 radical (unpaired) electrons. The van der Waals surface area contributed by atoms with E-state index in [1.165, 1.54) is 0 Å². The molecule has 0 aromatic heterocycles. The number of methoxy groups -OCH3 is 1. The molecule has 0 aliphatic rings. The second-order valence-electron chi connectivity index (χ2n) is 3.92. The summed E-state index contributed by atoms with van der Waals surface area (Å²) in [5.74, 6) is 1.66. The number of rotatable bonds is 6. The summed E-state index contributed by atoms with van der Waals surface area (Å²) in [6.07, 6.45) is 1.23. The number of carbonyl (C=O) groups excluding carboxylic acids is 1. The van der Waals surface area contributed by atoms with Crippen LogP contribution in [-0.2, 0) is 4.79 Å². The van der Waals surface area contributed by atoms with E-state index in [0.717, 1.165) is 11.5 Å². The van der Waals surface area contributed by atoms with Crippen LogP contribution in [0.4, 0.5) is 0 Å². The maximum absolute atomic E-state index is 11.3. The van der Waals surface area contributed by atoms with Gasteiger partial charge in [0.25, 0.3) is 0 Å². The van der Waals surface area contributed by atoms with E-state index in [2.05, 4.69) is 0 Å². The Hall–Kier alpha value is -1.71. The van der Waals surface area contributed by atoms with Crippen LogP contribution in [0.25, 0.3) is 0 Å². The Morgan fingerprint density at radius 2 is 2.00 bits per heavy atom. The van der Waals surface area contributed by atoms with Crippen molar-refractivity contribution in [1.29, 1.82) is 0 Å². The molecule has 0 spiro atoms. The third-order valence-electron chi connectivity index (χ3n) is 2.34. The fourth-order valence-electron chi connectivity index (χ4n) is 1.33. The third kappa shape index (κ3) is 4.76. The van der Waals surface area contributed by atoms with E-state index < -0.39 is 0 Å². The summed E-state index contributed by atoms with van der Waals surface area (Å²) in [4.78, 5) is 12.9. The Morgan fingerprint density at radius 3 is 2.65 bits per heavy atom. The maximum atomic E-state index is 11.3. The second-order valence-corrected chi connectivity index (χ2v) is 3.92. The van der Waals surface area contributed by atoms with Crippen molar-refractivity contribution >= 4 is 5.91 Å². The number of hydrogen-bond acceptors (Lipinski definition) is 3. The Labute approximate surface area is 102 Å². The lowest BCUT2D eigenvalue weighted by Gasteiger charge is -2.10. The molecule has 0 saturated carbocycles. The van der Waals surface area contributed by atoms with Gasteiger partial charge in [-0.05, 0) is 18.6 Å². The molecule has 1 aromatic carbocycles. The van der Waals surface area contributed by atoms with Gasteiger partial charge in [0.1, 0.15) is 11.5 Å². The van der Waals surface area contributed by atoms with Gasteiger partial charge in [-0.1, -0.05) is 6.07 Å². The highest BCUT2D eigenvalue weighted by molar-refractivity contribution is 5.75. The van der Waals surface area contributed by atoms with Gasteiger partial charge in [0.05, 0.1) is 13.7 Å². The first-order chi connectivity index (χ1) is 8.13. The molecule has 0 saturated heterocycles. The second kappa shape index (κ2) is 6.78. The lowest BCUT2D eigenvalue weighted by Crippen LogP contribution is -2.21. The molecule has 94 valence electrons. The number of carbonyl (C=O) groups is 1. The molecule has 1 aromatic rings. The minimum atomic E-state index is 0.124. The minimum absolute atomic E-state index is 0.124. The van der Waals surface area contributed by atoms with Crippen LogP contribution in [0, 0.1) is 0 Å². The third-order valence-corrected chi connectivity index (χ3v) is 2.34. The highest BCUT2D eigenvalue weighted by Gasteiger charge is 2.03. The van der Waals surface area contributed by atoms with Crippen LogP contribution >= 0.6 is 0 Å². The molecular formula is C13H19NO3. The molecular weight excluding hydrogens is 218 g/mol. The van der Waals surface area contributed by atoms with E-state index >= 15 is 0 Å². The van der Waals surface area contributed by atoms with E-state index in [9.17, 15) is 4.79 Å². The molecule has 0 atom stereocenters. The average molecular weight is 237 g/mol. The van der Waals surface area contributed by atoms with Gasteiger partial charge in [-0.25, -0.2) is 0 Å². The molecule has 0 fully saturated rings. The smallest absolute Gasteiger partial charge is 0.222 e. The van der Waals surface area contributed by atoms with Crippen LogP contribution in [0.15, 0.2) is 24.3 Å². The number of amides is 1. The summed E-state index contributed by atoms with van der Waals surface area (Å²) in [5, 5.41) is 0. The van der Waals surface area contributed by atoms with E-state index in [1.54, 1.807) is 26.1 Å². The quantitative estimate of drug-likeness (QED) is 0.710. The topological polar surface area (TPSA) is 38.8 Å². The Balaban J connectivity index is 2.28. The first kappa shape index (κ1) is 13.4. The SMILES string of the molecule is COc1cccc(OCCCC(=O)N(C)C)c1. The van der Waals surface area contributed by atoms with E-state index in [0.29, 0.717) is 19.4 Å². The lowest BCUT2D eigenvalue weighted by molar-refractivity contribution is -0.128. The van der Waals surface area contributed by atoms with Gasteiger partial charge in [0.2, 0.25) is 5.91 Å². The molecule has 0 aliphatic heterocycles. The monoisotopic (exact) mass is 237 g/mol. The number of benzene rings is 1. The van der Waals surface area contributed by atoms with Crippen LogP contribution in [0.2, 0.25) is 0 Å². The predicted molar refractivity (Wildman–Crippen MR) is 66.4 cm³/mol. The standard InChI is InChI=1S/C13H19NO3/c1-14(2)13(15)8-5-9-17-12-7-4-6-11(10-12)16-3/h4,6-7,10H,5,8-9H2,1-3H3. The highest BCUT2D eigenvalue weighted by Crippen LogP contribution is 2.18. The molecule has 0 N–H and O–H groups in total. The van der Waals surface area contributed by atoms with E-state index in [4.69, 9.17) is 9.47 Å². The summed E-state index contributed by atoms with van der Waals surface area (Å²) >= 11 is 0. The van der Waals surface area contributed by atoms with Crippen LogP contribution < -0.4 is 9.47 Å². The van der Waals surface area contributed by atoms with Crippen molar-refractivity contribution in [2.24, 2.45) is 0 Å². The normalized spacial score (nSPS) is 9.82. The number of hydrogen-bond donors (Lipinski definition) is 0. The summed E-state index contributed by atoms with van der Waals surface area (Å²) in [6, 6.07) is 7.44. The van der Waals surface area contributed by atoms with Gasteiger partial charge in [-0.3, -0.25) is 4.79 Å². The summed E-state index contributed by atoms with van der Waals surface area (Å²) in [5.41, 5.74) is 0. The van der Waals surface area contributed by atoms with Gasteiger partial charge in [-0.15, -0.1) is 0 Å². The van der Waals surface area contributed by atoms with Gasteiger partial charge >= 0.3 is 0 Å². The fraction of sp³-hybridized carbons (Fsp3) is 0.462. The molecule has 0 heterocycles. The summed E-state index contributed by atoms with van der Waals surface area (Å²) in [7, 11) is 5.13. The molecule has 1 amide bonds. The number of ether oxygens (including phenoxy) is 2. The Kier molecular flexibility index (Phi) is 5.33. The average Bonchev–Trinajstić information content (AvgIpc) is 2.34. The van der Waals surface area contributed by atoms with Gasteiger partial charge < -0.3 is 14.4 Å². The van der Waals surface area contributed by atoms with Gasteiger partial charge in [-0.2, -0.15) is 0 Å². The highest BCUT2D eigenvalue weighted by atomic mass is 16.5. The molecule has 4 heteroatoms. The van der Waals surface area contributed by atoms with Crippen molar-refractivity contribution in [3.05, 3.63) is 24.3 Å². The van der Waals surface area contributed by atoms with Crippen molar-refractivity contribution in [1.82, 2.24) is 4.90 Å². The van der Waals surface area contributed by atoms with E-state index in [-0.39, 0.29) is 5.91 Å². The number of nitrogens with zero attached hydrogens (tertiary/aromatic N) is 1. The van der Waals surface area contributed by atoms with E-state index in [1.807, 2.05) is 24.3 Å². The largest absolute Gasteiger partial charge is 0.497 e. The molecule has 0 aliphatic carbocycles. The maximum Gasteiger partial charge on any atom is 0.222 e. The van der Waals surface area contributed by atoms with Crippen molar-refractivity contribution in [3.8, 4) is 11.5 Å². The first-order valence-corrected chi connectivity index (χ1v) is 5.60. The van der Waals surface area contributed by atoms with Crippen LogP contribution in [0.5, 0.6) is 11.5 Å². The van der Waals surface area contributed by atoms with Gasteiger partial charge in [0, 0.05) is 26.6 Å². The Bertz CT molecular complexity index is 363. The van der Waals surface area contributed by atoms with Gasteiger partial charge in [0.15, 0.2) is 0 Å². The Morgan fingerprint density at radius 1 is 1.29 bits per heavy atom. The zero-order valence-corrected chi connectivity index (χ0v) is 10.6. The summed E-state index contributed by atoms with van der Waals surface area (Å²) in [6.45, 7) is 0.534. The summed E-state index contributed by atoms with van der Waals surface area (Å²) < 4.78 is 10.6. The zero-order valence-electron chi connectivity index (χ0n) is 10.6.